The van der Waals surface area contributed by atoms with Crippen molar-refractivity contribution in [3.05, 3.63) is 24.3 Å². The van der Waals surface area contributed by atoms with Gasteiger partial charge in [0.1, 0.15) is 6.79 Å². The van der Waals surface area contributed by atoms with E-state index in [1.807, 2.05) is 6.79 Å². The van der Waals surface area contributed by atoms with Gasteiger partial charge in [0.15, 0.2) is 0 Å². The minimum absolute atomic E-state index is 0. The molecule has 0 aromatic carbocycles. The molecule has 1 aliphatic carbocycles. The summed E-state index contributed by atoms with van der Waals surface area (Å²) < 4.78 is 0. The Bertz CT molecular complexity index is 101. The van der Waals surface area contributed by atoms with Gasteiger partial charge in [0, 0.05) is 0 Å². The number of carbonyl (C=O) groups is 1. The zero-order valence-electron chi connectivity index (χ0n) is 7.34. The van der Waals surface area contributed by atoms with Crippen LogP contribution in [0.3, 0.4) is 0 Å². The van der Waals surface area contributed by atoms with E-state index in [9.17, 15) is 0 Å². The van der Waals surface area contributed by atoms with Gasteiger partial charge in [-0.05, 0) is 25.7 Å². The molecule has 0 aliphatic heterocycles. The maximum Gasteiger partial charge on any atom is 2.00 e. The van der Waals surface area contributed by atoms with E-state index in [0.29, 0.717) is 0 Å². The maximum absolute atomic E-state index is 8.00. The van der Waals surface area contributed by atoms with Crippen LogP contribution in [-0.4, -0.2) is 6.79 Å². The first-order valence-corrected chi connectivity index (χ1v) is 3.59. The van der Waals surface area contributed by atoms with Crippen molar-refractivity contribution in [2.75, 3.05) is 0 Å². The van der Waals surface area contributed by atoms with E-state index in [0.717, 1.165) is 0 Å². The third-order valence-corrected chi connectivity index (χ3v) is 1.33. The zero-order chi connectivity index (χ0) is 7.66. The van der Waals surface area contributed by atoms with Crippen LogP contribution < -0.4 is 34.0 Å². The summed E-state index contributed by atoms with van der Waals surface area (Å²) in [4.78, 5) is 8.00. The second-order valence-corrected chi connectivity index (χ2v) is 2.10. The monoisotopic (exact) mass is 355 g/mol. The molecule has 0 saturated heterocycles. The van der Waals surface area contributed by atoms with Crippen LogP contribution in [0.2, 0.25) is 0 Å². The van der Waals surface area contributed by atoms with Crippen LogP contribution in [0.5, 0.6) is 0 Å². The molecule has 79 valence electrons. The van der Waals surface area contributed by atoms with Gasteiger partial charge in [0.2, 0.25) is 0 Å². The molecule has 0 aromatic heterocycles. The number of hydrogen-bond acceptors (Lipinski definition) is 1. The fourth-order valence-corrected chi connectivity index (χ4v) is 0.856. The van der Waals surface area contributed by atoms with Crippen LogP contribution in [0.4, 0.5) is 0 Å². The van der Waals surface area contributed by atoms with Gasteiger partial charge in [-0.15, -0.1) is 0 Å². The van der Waals surface area contributed by atoms with E-state index in [2.05, 4.69) is 24.3 Å². The maximum atomic E-state index is 8.00. The molecule has 0 heterocycles. The molecule has 1 nitrogen and oxygen atoms in total. The zero-order valence-corrected chi connectivity index (χ0v) is 11.6. The first-order valence-electron chi connectivity index (χ1n) is 3.59. The van der Waals surface area contributed by atoms with Crippen LogP contribution in [0.25, 0.3) is 0 Å². The first kappa shape index (κ1) is 23.4. The van der Waals surface area contributed by atoms with Crippen LogP contribution >= 0.6 is 0 Å². The molecule has 0 fully saturated rings. The summed E-state index contributed by atoms with van der Waals surface area (Å²) in [7, 11) is 0. The van der Waals surface area contributed by atoms with Crippen LogP contribution in [-0.2, 0) is 21.6 Å². The molecule has 13 heavy (non-hydrogen) atoms. The molecule has 4 heteroatoms. The second kappa shape index (κ2) is 22.9. The Morgan fingerprint density at radius 3 is 1.00 bits per heavy atom. The van der Waals surface area contributed by atoms with Gasteiger partial charge in [-0.2, -0.15) is 0 Å². The molecule has 1 radical (unpaired) electrons. The Morgan fingerprint density at radius 2 is 0.846 bits per heavy atom. The van der Waals surface area contributed by atoms with Crippen molar-refractivity contribution in [1.82, 2.24) is 0 Å². The van der Waals surface area contributed by atoms with E-state index < -0.39 is 0 Å². The number of halogens is 2. The van der Waals surface area contributed by atoms with Crippen molar-refractivity contribution >= 4 is 6.79 Å². The summed E-state index contributed by atoms with van der Waals surface area (Å²) in [5.41, 5.74) is 0. The predicted molar refractivity (Wildman–Crippen MR) is 43.9 cm³/mol. The van der Waals surface area contributed by atoms with Crippen molar-refractivity contribution in [2.24, 2.45) is 0 Å². The fourth-order valence-electron chi connectivity index (χ4n) is 0.856. The molecule has 0 amide bonds. The van der Waals surface area contributed by atoms with Gasteiger partial charge < -0.3 is 38.8 Å². The molecule has 0 aromatic rings. The molecule has 1 rings (SSSR count). The second-order valence-electron chi connectivity index (χ2n) is 2.10. The Balaban J connectivity index is -0.0000000761. The van der Waals surface area contributed by atoms with Gasteiger partial charge in [-0.3, -0.25) is 0 Å². The molecule has 0 saturated carbocycles. The third kappa shape index (κ3) is 19.2. The Kier molecular flexibility index (Phi) is 41.3. The molecule has 0 unspecified atom stereocenters. The summed E-state index contributed by atoms with van der Waals surface area (Å²) in [6, 6.07) is 0. The summed E-state index contributed by atoms with van der Waals surface area (Å²) in [6.45, 7) is 2.00. The van der Waals surface area contributed by atoms with Crippen molar-refractivity contribution in [3.8, 4) is 0 Å². The SMILES string of the molecule is C1=CCCC=CCC1.C=O.[Br-].[Br-].[Co+2]. The molecule has 1 aliphatic rings. The number of allylic oxidation sites excluding steroid dienone is 4. The number of carbonyl (C=O) groups excluding carboxylic acids is 1. The Labute approximate surface area is 112 Å². The number of hydrogen-bond donors (Lipinski definition) is 0. The minimum Gasteiger partial charge on any atom is -1.00 e. The molecule has 0 N–H and O–H groups in total. The van der Waals surface area contributed by atoms with E-state index in [4.69, 9.17) is 4.79 Å². The van der Waals surface area contributed by atoms with E-state index in [1.54, 1.807) is 0 Å². The van der Waals surface area contributed by atoms with Crippen molar-refractivity contribution in [2.45, 2.75) is 25.7 Å². The summed E-state index contributed by atoms with van der Waals surface area (Å²) in [5.74, 6) is 0. The smallest absolute Gasteiger partial charge is 1.00 e. The van der Waals surface area contributed by atoms with Crippen molar-refractivity contribution in [1.29, 1.82) is 0 Å². The van der Waals surface area contributed by atoms with Gasteiger partial charge in [0.05, 0.1) is 0 Å². The summed E-state index contributed by atoms with van der Waals surface area (Å²) in [5, 5.41) is 0. The van der Waals surface area contributed by atoms with Gasteiger partial charge in [-0.25, -0.2) is 0 Å². The quantitative estimate of drug-likeness (QED) is 0.412. The largest absolute Gasteiger partial charge is 2.00 e. The molecular formula is C9H14Br2CoO. The average Bonchev–Trinajstić information content (AvgIpc) is 1.90. The fraction of sp³-hybridized carbons (Fsp3) is 0.444. The van der Waals surface area contributed by atoms with E-state index in [1.165, 1.54) is 25.7 Å². The average molecular weight is 357 g/mol. The van der Waals surface area contributed by atoms with Gasteiger partial charge >= 0.3 is 16.8 Å². The predicted octanol–water partition coefficient (Wildman–Crippen LogP) is -3.51. The number of rotatable bonds is 0. The van der Waals surface area contributed by atoms with Crippen LogP contribution in [0, 0.1) is 0 Å². The Morgan fingerprint density at radius 1 is 0.692 bits per heavy atom. The molecule has 0 atom stereocenters. The van der Waals surface area contributed by atoms with E-state index in [-0.39, 0.29) is 50.7 Å². The van der Waals surface area contributed by atoms with Crippen molar-refractivity contribution < 1.29 is 55.5 Å². The minimum atomic E-state index is 0. The van der Waals surface area contributed by atoms with Gasteiger partial charge in [0.25, 0.3) is 0 Å². The van der Waals surface area contributed by atoms with E-state index >= 15 is 0 Å². The van der Waals surface area contributed by atoms with Crippen LogP contribution in [0.15, 0.2) is 24.3 Å². The van der Waals surface area contributed by atoms with Gasteiger partial charge in [-0.1, -0.05) is 24.3 Å². The molecular weight excluding hydrogens is 343 g/mol. The van der Waals surface area contributed by atoms with Crippen LogP contribution in [0.1, 0.15) is 25.7 Å². The normalized spacial score (nSPS) is 12.6. The topological polar surface area (TPSA) is 17.1 Å². The first-order chi connectivity index (χ1) is 5.00. The summed E-state index contributed by atoms with van der Waals surface area (Å²) in [6.07, 6.45) is 14.0. The standard InChI is InChI=1S/C8H12.CH2O.2BrH.Co/c1-2-4-6-8-7-5-3-1;1-2;;;/h1-2,7-8H,3-6H2;1H2;2*1H;/q;;;;+2/p-2. The van der Waals surface area contributed by atoms with Crippen molar-refractivity contribution in [3.63, 3.8) is 0 Å². The molecule has 0 bridgehead atoms. The summed E-state index contributed by atoms with van der Waals surface area (Å²) >= 11 is 0. The third-order valence-electron chi connectivity index (χ3n) is 1.33. The molecule has 0 spiro atoms. The Hall–Kier alpha value is 0.616.